The fourth-order valence-corrected chi connectivity index (χ4v) is 0.609. The molecule has 0 rings (SSSR count). The third kappa shape index (κ3) is 5.91. The molecule has 0 aromatic heterocycles. The van der Waals surface area contributed by atoms with E-state index < -0.39 is 10.7 Å². The van der Waals surface area contributed by atoms with Gasteiger partial charge in [0.25, 0.3) is 0 Å². The van der Waals surface area contributed by atoms with Crippen molar-refractivity contribution < 1.29 is 8.42 Å². The molecule has 3 nitrogen and oxygen atoms in total. The maximum absolute atomic E-state index is 9.76. The number of hydrogen-bond donors (Lipinski definition) is 2. The zero-order chi connectivity index (χ0) is 5.70. The minimum Gasteiger partial charge on any atom is -0.319 e. The minimum absolute atomic E-state index is 0.242. The van der Waals surface area contributed by atoms with Crippen molar-refractivity contribution in [1.29, 1.82) is 0 Å². The fraction of sp³-hybridized carbons (Fsp3) is 1.00. The van der Waals surface area contributed by atoms with Crippen LogP contribution in [0.25, 0.3) is 0 Å². The van der Waals surface area contributed by atoms with Gasteiger partial charge in [0.05, 0.1) is 5.75 Å². The number of hydrogen-bond acceptors (Lipinski definition) is 3. The van der Waals surface area contributed by atoms with Crippen LogP contribution in [0, 0.1) is 0 Å². The predicted molar refractivity (Wildman–Crippen MR) is 29.1 cm³/mol. The van der Waals surface area contributed by atoms with Gasteiger partial charge in [0.1, 0.15) is 10.7 Å². The van der Waals surface area contributed by atoms with Crippen molar-refractivity contribution in [2.75, 3.05) is 19.3 Å². The molecule has 0 unspecified atom stereocenters. The van der Waals surface area contributed by atoms with Gasteiger partial charge in [-0.15, -0.1) is 0 Å². The maximum Gasteiger partial charge on any atom is 0.141 e. The van der Waals surface area contributed by atoms with Gasteiger partial charge in [-0.1, -0.05) is 0 Å². The average Bonchev–Trinajstić information content (AvgIpc) is 1.61. The molecule has 0 spiro atoms. The first-order valence-electron chi connectivity index (χ1n) is 2.03. The minimum atomic E-state index is -2.17. The molecule has 0 aliphatic heterocycles. The monoisotopic (exact) mass is 123 g/mol. The molecule has 4 heteroatoms. The molecule has 0 saturated heterocycles. The van der Waals surface area contributed by atoms with Crippen LogP contribution in [0.15, 0.2) is 0 Å². The maximum atomic E-state index is 9.76. The Hall–Kier alpha value is -0.0900. The van der Waals surface area contributed by atoms with Gasteiger partial charge >= 0.3 is 0 Å². The number of rotatable bonds is 3. The van der Waals surface area contributed by atoms with Gasteiger partial charge in [0.2, 0.25) is 0 Å². The highest BCUT2D eigenvalue weighted by atomic mass is 32.2. The van der Waals surface area contributed by atoms with Crippen LogP contribution in [-0.4, -0.2) is 27.8 Å². The number of nitrogens with one attached hydrogen (secondary N) is 1. The van der Waals surface area contributed by atoms with Crippen molar-refractivity contribution in [3.63, 3.8) is 0 Å². The highest BCUT2D eigenvalue weighted by Gasteiger charge is 1.80. The van der Waals surface area contributed by atoms with Crippen LogP contribution in [0.2, 0.25) is 0 Å². The second-order valence-electron chi connectivity index (χ2n) is 1.16. The van der Waals surface area contributed by atoms with Gasteiger partial charge in [-0.3, -0.25) is 0 Å². The van der Waals surface area contributed by atoms with E-state index >= 15 is 0 Å². The molecule has 0 atom stereocenters. The lowest BCUT2D eigenvalue weighted by Crippen LogP contribution is -2.12. The lowest BCUT2D eigenvalue weighted by molar-refractivity contribution is 0.612. The summed E-state index contributed by atoms with van der Waals surface area (Å²) in [5, 5.41) is 2.72. The highest BCUT2D eigenvalue weighted by Crippen LogP contribution is 1.58. The second kappa shape index (κ2) is 4.08. The molecule has 7 heavy (non-hydrogen) atoms. The molecule has 0 bridgehead atoms. The van der Waals surface area contributed by atoms with E-state index in [9.17, 15) is 8.42 Å². The van der Waals surface area contributed by atoms with E-state index in [4.69, 9.17) is 0 Å². The molecule has 0 saturated carbocycles. The van der Waals surface area contributed by atoms with Crippen LogP contribution in [0.1, 0.15) is 0 Å². The molecule has 44 valence electrons. The normalized spacial score (nSPS) is 10.0. The zero-order valence-corrected chi connectivity index (χ0v) is 5.07. The van der Waals surface area contributed by atoms with Crippen LogP contribution in [0.5, 0.6) is 0 Å². The molecule has 0 heterocycles. The van der Waals surface area contributed by atoms with Gasteiger partial charge < -0.3 is 5.32 Å². The van der Waals surface area contributed by atoms with Crippen molar-refractivity contribution in [1.82, 2.24) is 5.32 Å². The lowest BCUT2D eigenvalue weighted by atomic mass is 10.8. The third-order valence-corrected chi connectivity index (χ3v) is 1.13. The fourth-order valence-electron chi connectivity index (χ4n) is 0.203. The smallest absolute Gasteiger partial charge is 0.141 e. The van der Waals surface area contributed by atoms with Gasteiger partial charge in [-0.25, -0.2) is 8.42 Å². The topological polar surface area (TPSA) is 46.2 Å². The Morgan fingerprint density at radius 3 is 2.29 bits per heavy atom. The average molecular weight is 123 g/mol. The van der Waals surface area contributed by atoms with Gasteiger partial charge in [0, 0.05) is 6.54 Å². The summed E-state index contributed by atoms with van der Waals surface area (Å²) in [6.45, 7) is 0.554. The molecule has 0 aromatic carbocycles. The molecule has 0 radical (unpaired) electrons. The van der Waals surface area contributed by atoms with Crippen molar-refractivity contribution in [2.24, 2.45) is 0 Å². The first-order valence-corrected chi connectivity index (χ1v) is 3.40. The Balaban J connectivity index is 2.98. The predicted octanol–water partition coefficient (Wildman–Crippen LogP) is -1.18. The van der Waals surface area contributed by atoms with E-state index in [1.54, 1.807) is 7.05 Å². The van der Waals surface area contributed by atoms with Crippen LogP contribution in [0.3, 0.4) is 0 Å². The van der Waals surface area contributed by atoms with E-state index in [2.05, 4.69) is 5.32 Å². The Morgan fingerprint density at radius 1 is 1.57 bits per heavy atom. The van der Waals surface area contributed by atoms with Crippen molar-refractivity contribution >= 4 is 10.7 Å². The van der Waals surface area contributed by atoms with E-state index in [1.165, 1.54) is 0 Å². The molecule has 0 aliphatic carbocycles. The van der Waals surface area contributed by atoms with E-state index in [-0.39, 0.29) is 5.75 Å². The van der Waals surface area contributed by atoms with E-state index in [0.717, 1.165) is 0 Å². The van der Waals surface area contributed by atoms with Crippen LogP contribution >= 0.6 is 0 Å². The molecule has 0 aromatic rings. The largest absolute Gasteiger partial charge is 0.319 e. The molecule has 0 fully saturated rings. The standard InChI is InChI=1S/C3H9NO2S/c1-4-2-3-7(5)6/h4,7H,2-3H2,1H3. The summed E-state index contributed by atoms with van der Waals surface area (Å²) in [5.41, 5.74) is 0. The Bertz CT molecular complexity index is 91.1. The summed E-state index contributed by atoms with van der Waals surface area (Å²) in [4.78, 5) is 0. The van der Waals surface area contributed by atoms with E-state index in [1.807, 2.05) is 0 Å². The van der Waals surface area contributed by atoms with Gasteiger partial charge in [-0.05, 0) is 7.05 Å². The molecular weight excluding hydrogens is 114 g/mol. The van der Waals surface area contributed by atoms with Crippen LogP contribution < -0.4 is 5.32 Å². The summed E-state index contributed by atoms with van der Waals surface area (Å²) in [6, 6.07) is 0. The van der Waals surface area contributed by atoms with E-state index in [0.29, 0.717) is 6.54 Å². The Labute approximate surface area is 44.7 Å². The quantitative estimate of drug-likeness (QED) is 0.464. The molecule has 1 N–H and O–H groups in total. The molecular formula is C3H9NO2S. The zero-order valence-electron chi connectivity index (χ0n) is 4.18. The highest BCUT2D eigenvalue weighted by molar-refractivity contribution is 7.72. The Morgan fingerprint density at radius 2 is 2.14 bits per heavy atom. The summed E-state index contributed by atoms with van der Waals surface area (Å²) in [6.07, 6.45) is 0. The Kier molecular flexibility index (Phi) is 4.03. The number of thiol groups is 1. The van der Waals surface area contributed by atoms with Crippen molar-refractivity contribution in [3.8, 4) is 0 Å². The van der Waals surface area contributed by atoms with Crippen LogP contribution in [-0.2, 0) is 10.7 Å². The summed E-state index contributed by atoms with van der Waals surface area (Å²) in [7, 11) is -0.448. The summed E-state index contributed by atoms with van der Waals surface area (Å²) < 4.78 is 19.5. The van der Waals surface area contributed by atoms with Gasteiger partial charge in [0.15, 0.2) is 0 Å². The molecule has 0 amide bonds. The third-order valence-electron chi connectivity index (χ3n) is 0.544. The first kappa shape index (κ1) is 6.91. The summed E-state index contributed by atoms with van der Waals surface area (Å²) >= 11 is 0. The van der Waals surface area contributed by atoms with Gasteiger partial charge in [-0.2, -0.15) is 0 Å². The summed E-state index contributed by atoms with van der Waals surface area (Å²) in [5.74, 6) is 0.242. The van der Waals surface area contributed by atoms with Crippen molar-refractivity contribution in [2.45, 2.75) is 0 Å². The second-order valence-corrected chi connectivity index (χ2v) is 2.27. The first-order chi connectivity index (χ1) is 3.27. The molecule has 0 aliphatic rings. The lowest BCUT2D eigenvalue weighted by Gasteiger charge is -1.85. The SMILES string of the molecule is CNCC[SH](=O)=O. The van der Waals surface area contributed by atoms with Crippen molar-refractivity contribution in [3.05, 3.63) is 0 Å². The van der Waals surface area contributed by atoms with Crippen LogP contribution in [0.4, 0.5) is 0 Å².